The molecule has 0 fully saturated rings. The van der Waals surface area contributed by atoms with Crippen LogP contribution in [0.15, 0.2) is 27.6 Å². The van der Waals surface area contributed by atoms with Crippen LogP contribution in [-0.4, -0.2) is 39.4 Å². The topological polar surface area (TPSA) is 89.7 Å². The first-order valence-electron chi connectivity index (χ1n) is 4.87. The Morgan fingerprint density at radius 2 is 2.11 bits per heavy atom. The first kappa shape index (κ1) is 14.9. The molecule has 0 spiro atoms. The maximum atomic E-state index is 12.1. The van der Waals surface area contributed by atoms with Gasteiger partial charge < -0.3 is 10.5 Å². The number of hydrogen-bond donors (Lipinski definition) is 1. The van der Waals surface area contributed by atoms with E-state index in [0.717, 1.165) is 4.31 Å². The number of likely N-dealkylation sites (N-methyl/N-ethyl adjacent to an activating group) is 1. The molecule has 18 heavy (non-hydrogen) atoms. The lowest BCUT2D eigenvalue weighted by Gasteiger charge is -2.16. The Kier molecular flexibility index (Phi) is 4.71. The highest BCUT2D eigenvalue weighted by Crippen LogP contribution is 2.24. The molecule has 0 unspecified atom stereocenters. The Hall–Kier alpha value is -1.12. The van der Waals surface area contributed by atoms with E-state index in [1.54, 1.807) is 0 Å². The fourth-order valence-electron chi connectivity index (χ4n) is 1.18. The number of nitrogens with two attached hydrogens (primary N) is 1. The van der Waals surface area contributed by atoms with Gasteiger partial charge in [-0.1, -0.05) is 0 Å². The summed E-state index contributed by atoms with van der Waals surface area (Å²) in [5, 5.41) is 0. The molecule has 0 aromatic heterocycles. The molecule has 1 aromatic carbocycles. The van der Waals surface area contributed by atoms with Crippen molar-refractivity contribution in [2.45, 2.75) is 4.90 Å². The Bertz CT molecular complexity index is 559. The summed E-state index contributed by atoms with van der Waals surface area (Å²) in [6.07, 6.45) is 0. The van der Waals surface area contributed by atoms with Crippen molar-refractivity contribution in [2.24, 2.45) is 0 Å². The zero-order valence-corrected chi connectivity index (χ0v) is 12.3. The van der Waals surface area contributed by atoms with E-state index in [-0.39, 0.29) is 11.4 Å². The number of nitrogens with zero attached hydrogens (tertiary/aromatic N) is 1. The Balaban J connectivity index is 3.05. The molecule has 1 aromatic rings. The number of nitrogen functional groups attached to an aromatic ring is 1. The summed E-state index contributed by atoms with van der Waals surface area (Å²) < 4.78 is 30.0. The maximum absolute atomic E-state index is 12.1. The van der Waals surface area contributed by atoms with Crippen molar-refractivity contribution in [3.05, 3.63) is 22.7 Å². The standard InChI is InChI=1S/C10H13BrN2O4S/c1-13(6-10(14)17-2)18(15,16)7-3-4-9(12)8(11)5-7/h3-5H,6,12H2,1-2H3. The quantitative estimate of drug-likeness (QED) is 0.649. The highest BCUT2D eigenvalue weighted by atomic mass is 79.9. The average Bonchev–Trinajstić information content (AvgIpc) is 2.32. The predicted molar refractivity (Wildman–Crippen MR) is 70.4 cm³/mol. The molecule has 100 valence electrons. The van der Waals surface area contributed by atoms with E-state index in [4.69, 9.17) is 5.73 Å². The zero-order chi connectivity index (χ0) is 13.9. The van der Waals surface area contributed by atoms with E-state index in [1.165, 1.54) is 32.4 Å². The molecule has 0 aliphatic rings. The number of ether oxygens (including phenoxy) is 1. The lowest BCUT2D eigenvalue weighted by molar-refractivity contribution is -0.140. The van der Waals surface area contributed by atoms with Crippen LogP contribution in [0.25, 0.3) is 0 Å². The first-order chi connectivity index (χ1) is 8.28. The van der Waals surface area contributed by atoms with Crippen molar-refractivity contribution in [1.29, 1.82) is 0 Å². The summed E-state index contributed by atoms with van der Waals surface area (Å²) in [5.41, 5.74) is 6.02. The molecule has 0 amide bonds. The van der Waals surface area contributed by atoms with Crippen molar-refractivity contribution in [3.63, 3.8) is 0 Å². The first-order valence-corrected chi connectivity index (χ1v) is 7.10. The normalized spacial score (nSPS) is 11.6. The summed E-state index contributed by atoms with van der Waals surface area (Å²) in [6, 6.07) is 4.24. The van der Waals surface area contributed by atoms with Gasteiger partial charge in [0.1, 0.15) is 6.54 Å². The summed E-state index contributed by atoms with van der Waals surface area (Å²) in [7, 11) is -1.24. The fourth-order valence-corrected chi connectivity index (χ4v) is 2.85. The maximum Gasteiger partial charge on any atom is 0.321 e. The number of anilines is 1. The molecule has 0 atom stereocenters. The molecule has 0 bridgehead atoms. The summed E-state index contributed by atoms with van der Waals surface area (Å²) in [5.74, 6) is -0.629. The molecule has 0 aliphatic heterocycles. The van der Waals surface area contributed by atoms with Gasteiger partial charge in [0, 0.05) is 17.2 Å². The highest BCUT2D eigenvalue weighted by molar-refractivity contribution is 9.10. The van der Waals surface area contributed by atoms with E-state index in [0.29, 0.717) is 10.2 Å². The van der Waals surface area contributed by atoms with E-state index >= 15 is 0 Å². The minimum Gasteiger partial charge on any atom is -0.468 e. The van der Waals surface area contributed by atoms with Gasteiger partial charge in [-0.3, -0.25) is 4.79 Å². The van der Waals surface area contributed by atoms with E-state index in [1.807, 2.05) is 0 Å². The molecule has 0 aliphatic carbocycles. The second-order valence-corrected chi connectivity index (χ2v) is 6.42. The Morgan fingerprint density at radius 3 is 2.61 bits per heavy atom. The van der Waals surface area contributed by atoms with E-state index < -0.39 is 16.0 Å². The monoisotopic (exact) mass is 336 g/mol. The predicted octanol–water partition coefficient (Wildman–Crippen LogP) is 0.825. The molecule has 0 heterocycles. The Labute approximate surface area is 114 Å². The van der Waals surface area contributed by atoms with E-state index in [2.05, 4.69) is 20.7 Å². The van der Waals surface area contributed by atoms with Crippen molar-refractivity contribution in [3.8, 4) is 0 Å². The van der Waals surface area contributed by atoms with Gasteiger partial charge in [-0.05, 0) is 34.1 Å². The van der Waals surface area contributed by atoms with E-state index in [9.17, 15) is 13.2 Å². The van der Waals surface area contributed by atoms with Gasteiger partial charge in [0.2, 0.25) is 10.0 Å². The minimum absolute atomic E-state index is 0.0509. The van der Waals surface area contributed by atoms with Crippen LogP contribution < -0.4 is 5.73 Å². The van der Waals surface area contributed by atoms with Gasteiger partial charge in [0.15, 0.2) is 0 Å². The van der Waals surface area contributed by atoms with Crippen LogP contribution >= 0.6 is 15.9 Å². The van der Waals surface area contributed by atoms with Gasteiger partial charge in [-0.2, -0.15) is 4.31 Å². The number of sulfonamides is 1. The lowest BCUT2D eigenvalue weighted by atomic mass is 10.3. The fraction of sp³-hybridized carbons (Fsp3) is 0.300. The smallest absolute Gasteiger partial charge is 0.321 e. The van der Waals surface area contributed by atoms with Crippen molar-refractivity contribution < 1.29 is 17.9 Å². The molecule has 2 N–H and O–H groups in total. The minimum atomic E-state index is -3.74. The molecular weight excluding hydrogens is 324 g/mol. The number of esters is 1. The van der Waals surface area contributed by atoms with Crippen LogP contribution in [0.2, 0.25) is 0 Å². The number of carbonyl (C=O) groups excluding carboxylic acids is 1. The molecule has 0 saturated heterocycles. The third kappa shape index (κ3) is 3.21. The van der Waals surface area contributed by atoms with Gasteiger partial charge >= 0.3 is 5.97 Å². The number of benzene rings is 1. The molecular formula is C10H13BrN2O4S. The summed E-state index contributed by atoms with van der Waals surface area (Å²) in [6.45, 7) is -0.346. The second kappa shape index (κ2) is 5.68. The van der Waals surface area contributed by atoms with Crippen LogP contribution in [-0.2, 0) is 19.6 Å². The van der Waals surface area contributed by atoms with Gasteiger partial charge in [-0.15, -0.1) is 0 Å². The number of halogens is 1. The van der Waals surface area contributed by atoms with Gasteiger partial charge in [-0.25, -0.2) is 8.42 Å². The van der Waals surface area contributed by atoms with Gasteiger partial charge in [0.05, 0.1) is 12.0 Å². The number of rotatable bonds is 4. The second-order valence-electron chi connectivity index (χ2n) is 3.52. The van der Waals surface area contributed by atoms with Crippen LogP contribution in [0.3, 0.4) is 0 Å². The van der Waals surface area contributed by atoms with Gasteiger partial charge in [0.25, 0.3) is 0 Å². The average molecular weight is 337 g/mol. The molecule has 6 nitrogen and oxygen atoms in total. The number of carbonyl (C=O) groups is 1. The van der Waals surface area contributed by atoms with Crippen LogP contribution in [0.4, 0.5) is 5.69 Å². The number of methoxy groups -OCH3 is 1. The van der Waals surface area contributed by atoms with Crippen LogP contribution in [0.1, 0.15) is 0 Å². The third-order valence-corrected chi connectivity index (χ3v) is 4.75. The van der Waals surface area contributed by atoms with Crippen LogP contribution in [0.5, 0.6) is 0 Å². The number of hydrogen-bond acceptors (Lipinski definition) is 5. The van der Waals surface area contributed by atoms with Crippen molar-refractivity contribution in [1.82, 2.24) is 4.31 Å². The van der Waals surface area contributed by atoms with Crippen molar-refractivity contribution >= 4 is 37.6 Å². The lowest BCUT2D eigenvalue weighted by Crippen LogP contribution is -2.32. The largest absolute Gasteiger partial charge is 0.468 e. The summed E-state index contributed by atoms with van der Waals surface area (Å²) in [4.78, 5) is 11.1. The molecule has 0 radical (unpaired) electrons. The van der Waals surface area contributed by atoms with Crippen molar-refractivity contribution in [2.75, 3.05) is 26.4 Å². The Morgan fingerprint density at radius 1 is 1.50 bits per heavy atom. The van der Waals surface area contributed by atoms with Crippen LogP contribution in [0, 0.1) is 0 Å². The molecule has 8 heteroatoms. The third-order valence-electron chi connectivity index (χ3n) is 2.26. The summed E-state index contributed by atoms with van der Waals surface area (Å²) >= 11 is 3.15. The zero-order valence-electron chi connectivity index (χ0n) is 9.88. The molecule has 1 rings (SSSR count). The highest BCUT2D eigenvalue weighted by Gasteiger charge is 2.23. The molecule has 0 saturated carbocycles. The SMILES string of the molecule is COC(=O)CN(C)S(=O)(=O)c1ccc(N)c(Br)c1.